The van der Waals surface area contributed by atoms with E-state index in [2.05, 4.69) is 24.1 Å². The van der Waals surface area contributed by atoms with Crippen molar-refractivity contribution in [2.75, 3.05) is 6.54 Å². The zero-order valence-electron chi connectivity index (χ0n) is 11.9. The number of hydrogen-bond donors (Lipinski definition) is 2. The quantitative estimate of drug-likeness (QED) is 0.749. The number of hydrogen-bond acceptors (Lipinski definition) is 3. The Morgan fingerprint density at radius 1 is 1.39 bits per heavy atom. The predicted octanol–water partition coefficient (Wildman–Crippen LogP) is 1.25. The van der Waals surface area contributed by atoms with E-state index in [4.69, 9.17) is 5.73 Å². The lowest BCUT2D eigenvalue weighted by molar-refractivity contribution is -0.125. The summed E-state index contributed by atoms with van der Waals surface area (Å²) in [6, 6.07) is 1.68. The van der Waals surface area contributed by atoms with Gasteiger partial charge in [0.15, 0.2) is 0 Å². The maximum Gasteiger partial charge on any atom is 0.238 e. The topological polar surface area (TPSA) is 58.4 Å². The summed E-state index contributed by atoms with van der Waals surface area (Å²) < 4.78 is 0. The van der Waals surface area contributed by atoms with Gasteiger partial charge in [-0.3, -0.25) is 15.0 Å². The largest absolute Gasteiger partial charge is 0.368 e. The van der Waals surface area contributed by atoms with E-state index in [9.17, 15) is 4.79 Å². The Labute approximate surface area is 110 Å². The van der Waals surface area contributed by atoms with Gasteiger partial charge < -0.3 is 5.73 Å². The van der Waals surface area contributed by atoms with Crippen molar-refractivity contribution in [3.05, 3.63) is 0 Å². The van der Waals surface area contributed by atoms with Crippen molar-refractivity contribution in [2.45, 2.75) is 76.5 Å². The molecule has 3 unspecified atom stereocenters. The first-order valence-corrected chi connectivity index (χ1v) is 7.29. The highest BCUT2D eigenvalue weighted by Gasteiger charge is 2.41. The summed E-state index contributed by atoms with van der Waals surface area (Å²) in [6.07, 6.45) is 5.99. The Hall–Kier alpha value is -0.610. The molecule has 1 aliphatic carbocycles. The van der Waals surface area contributed by atoms with Gasteiger partial charge in [-0.05, 0) is 46.0 Å². The van der Waals surface area contributed by atoms with Crippen molar-refractivity contribution in [3.63, 3.8) is 0 Å². The van der Waals surface area contributed by atoms with Crippen LogP contribution in [0.5, 0.6) is 0 Å². The van der Waals surface area contributed by atoms with E-state index in [0.29, 0.717) is 18.1 Å². The van der Waals surface area contributed by atoms with E-state index in [1.165, 1.54) is 25.7 Å². The second kappa shape index (κ2) is 5.17. The van der Waals surface area contributed by atoms with E-state index >= 15 is 0 Å². The van der Waals surface area contributed by atoms with Crippen LogP contribution in [-0.2, 0) is 4.79 Å². The minimum atomic E-state index is -0.576. The highest BCUT2D eigenvalue weighted by molar-refractivity contribution is 5.84. The molecule has 4 heteroatoms. The van der Waals surface area contributed by atoms with Gasteiger partial charge in [-0.25, -0.2) is 0 Å². The number of carbonyl (C=O) groups excluding carboxylic acids is 1. The fraction of sp³-hybridized carbons (Fsp3) is 0.929. The third-order valence-electron chi connectivity index (χ3n) is 4.57. The molecular weight excluding hydrogens is 226 g/mol. The number of nitrogens with zero attached hydrogens (tertiary/aromatic N) is 1. The van der Waals surface area contributed by atoms with Gasteiger partial charge in [0.05, 0.1) is 0 Å². The molecule has 2 rings (SSSR count). The van der Waals surface area contributed by atoms with Crippen LogP contribution in [0.15, 0.2) is 0 Å². The standard InChI is InChI=1S/C14H27N3O/c1-4-12-8-5-10(2)17(12)9-14(3,13(15)18)16-11-6-7-11/h10-12,16H,4-9H2,1-3H3,(H2,15,18). The maximum atomic E-state index is 11.8. The van der Waals surface area contributed by atoms with Crippen LogP contribution < -0.4 is 11.1 Å². The molecule has 2 aliphatic rings. The highest BCUT2D eigenvalue weighted by atomic mass is 16.1. The molecule has 0 aromatic carbocycles. The molecule has 18 heavy (non-hydrogen) atoms. The zero-order chi connectivity index (χ0) is 13.3. The number of likely N-dealkylation sites (tertiary alicyclic amines) is 1. The summed E-state index contributed by atoms with van der Waals surface area (Å²) in [5.41, 5.74) is 5.05. The molecule has 4 nitrogen and oxygen atoms in total. The van der Waals surface area contributed by atoms with Crippen LogP contribution >= 0.6 is 0 Å². The molecule has 1 saturated heterocycles. The first-order valence-electron chi connectivity index (χ1n) is 7.29. The predicted molar refractivity (Wildman–Crippen MR) is 73.2 cm³/mol. The Morgan fingerprint density at radius 3 is 2.56 bits per heavy atom. The molecule has 1 heterocycles. The van der Waals surface area contributed by atoms with E-state index in [0.717, 1.165) is 13.0 Å². The number of nitrogens with two attached hydrogens (primary N) is 1. The fourth-order valence-electron chi connectivity index (χ4n) is 3.09. The molecule has 1 amide bonds. The molecule has 1 aliphatic heterocycles. The van der Waals surface area contributed by atoms with Crippen LogP contribution in [0.4, 0.5) is 0 Å². The minimum Gasteiger partial charge on any atom is -0.368 e. The number of carbonyl (C=O) groups is 1. The summed E-state index contributed by atoms with van der Waals surface area (Å²) in [4.78, 5) is 14.3. The second-order valence-corrected chi connectivity index (χ2v) is 6.28. The molecular formula is C14H27N3O. The molecule has 1 saturated carbocycles. The average Bonchev–Trinajstić information content (AvgIpc) is 3.05. The molecule has 0 aromatic heterocycles. The van der Waals surface area contributed by atoms with Crippen LogP contribution in [0, 0.1) is 0 Å². The summed E-state index contributed by atoms with van der Waals surface area (Å²) in [5.74, 6) is -0.219. The summed E-state index contributed by atoms with van der Waals surface area (Å²) >= 11 is 0. The van der Waals surface area contributed by atoms with Gasteiger partial charge in [-0.2, -0.15) is 0 Å². The lowest BCUT2D eigenvalue weighted by Crippen LogP contribution is -2.61. The monoisotopic (exact) mass is 253 g/mol. The lowest BCUT2D eigenvalue weighted by atomic mass is 9.99. The molecule has 2 fully saturated rings. The summed E-state index contributed by atoms with van der Waals surface area (Å²) in [6.45, 7) is 7.20. The van der Waals surface area contributed by atoms with Crippen LogP contribution in [-0.4, -0.2) is 41.0 Å². The van der Waals surface area contributed by atoms with E-state index < -0.39 is 5.54 Å². The van der Waals surface area contributed by atoms with E-state index in [1.807, 2.05) is 6.92 Å². The van der Waals surface area contributed by atoms with E-state index in [1.54, 1.807) is 0 Å². The maximum absolute atomic E-state index is 11.8. The molecule has 0 aromatic rings. The Kier molecular flexibility index (Phi) is 3.97. The van der Waals surface area contributed by atoms with Gasteiger partial charge in [-0.1, -0.05) is 6.92 Å². The minimum absolute atomic E-state index is 0.219. The van der Waals surface area contributed by atoms with Crippen LogP contribution in [0.1, 0.15) is 52.9 Å². The summed E-state index contributed by atoms with van der Waals surface area (Å²) in [7, 11) is 0. The Bertz CT molecular complexity index is 316. The Morgan fingerprint density at radius 2 is 2.06 bits per heavy atom. The molecule has 0 bridgehead atoms. The number of primary amides is 1. The highest BCUT2D eigenvalue weighted by Crippen LogP contribution is 2.29. The first kappa shape index (κ1) is 13.8. The average molecular weight is 253 g/mol. The van der Waals surface area contributed by atoms with Gasteiger partial charge in [-0.15, -0.1) is 0 Å². The molecule has 0 radical (unpaired) electrons. The van der Waals surface area contributed by atoms with Crippen molar-refractivity contribution in [3.8, 4) is 0 Å². The van der Waals surface area contributed by atoms with E-state index in [-0.39, 0.29) is 5.91 Å². The Balaban J connectivity index is 2.04. The lowest BCUT2D eigenvalue weighted by Gasteiger charge is -2.37. The molecule has 3 N–H and O–H groups in total. The van der Waals surface area contributed by atoms with Crippen molar-refractivity contribution in [1.29, 1.82) is 0 Å². The SMILES string of the molecule is CCC1CCC(C)N1CC(C)(NC1CC1)C(N)=O. The number of amides is 1. The van der Waals surface area contributed by atoms with Gasteiger partial charge in [0, 0.05) is 24.7 Å². The first-order chi connectivity index (χ1) is 8.46. The zero-order valence-corrected chi connectivity index (χ0v) is 11.9. The molecule has 104 valence electrons. The second-order valence-electron chi connectivity index (χ2n) is 6.28. The van der Waals surface area contributed by atoms with Gasteiger partial charge in [0.1, 0.15) is 5.54 Å². The summed E-state index contributed by atoms with van der Waals surface area (Å²) in [5, 5.41) is 3.44. The van der Waals surface area contributed by atoms with Crippen LogP contribution in [0.25, 0.3) is 0 Å². The third-order valence-corrected chi connectivity index (χ3v) is 4.57. The van der Waals surface area contributed by atoms with Gasteiger partial charge >= 0.3 is 0 Å². The smallest absolute Gasteiger partial charge is 0.238 e. The van der Waals surface area contributed by atoms with Crippen molar-refractivity contribution in [2.24, 2.45) is 5.73 Å². The third kappa shape index (κ3) is 2.86. The fourth-order valence-corrected chi connectivity index (χ4v) is 3.09. The van der Waals surface area contributed by atoms with Crippen LogP contribution in [0.2, 0.25) is 0 Å². The number of rotatable bonds is 6. The van der Waals surface area contributed by atoms with Crippen molar-refractivity contribution >= 4 is 5.91 Å². The van der Waals surface area contributed by atoms with Crippen LogP contribution in [0.3, 0.4) is 0 Å². The van der Waals surface area contributed by atoms with Gasteiger partial charge in [0.25, 0.3) is 0 Å². The molecule has 0 spiro atoms. The normalized spacial score (nSPS) is 32.4. The number of nitrogens with one attached hydrogen (secondary N) is 1. The molecule has 3 atom stereocenters. The van der Waals surface area contributed by atoms with Crippen molar-refractivity contribution < 1.29 is 4.79 Å². The van der Waals surface area contributed by atoms with Crippen molar-refractivity contribution in [1.82, 2.24) is 10.2 Å². The van der Waals surface area contributed by atoms with Gasteiger partial charge in [0.2, 0.25) is 5.91 Å².